The molecule has 2 unspecified atom stereocenters. The number of benzene rings is 1. The average Bonchev–Trinajstić information content (AvgIpc) is 2.53. The number of hydrogen-bond donors (Lipinski definition) is 5. The van der Waals surface area contributed by atoms with Gasteiger partial charge in [0, 0.05) is 43.0 Å². The first-order valence-corrected chi connectivity index (χ1v) is 7.76. The number of piperazine rings is 1. The molecule has 0 saturated carbocycles. The first kappa shape index (κ1) is 16.4. The number of rotatable bonds is 2. The van der Waals surface area contributed by atoms with Gasteiger partial charge in [0.15, 0.2) is 11.6 Å². The van der Waals surface area contributed by atoms with Gasteiger partial charge in [0.2, 0.25) is 0 Å². The van der Waals surface area contributed by atoms with E-state index in [9.17, 15) is 13.9 Å². The minimum atomic E-state index is -1.06. The summed E-state index contributed by atoms with van der Waals surface area (Å²) in [7, 11) is 0. The third kappa shape index (κ3) is 2.96. The van der Waals surface area contributed by atoms with E-state index < -0.39 is 17.4 Å². The van der Waals surface area contributed by atoms with Crippen LogP contribution in [0.5, 0.6) is 5.75 Å². The summed E-state index contributed by atoms with van der Waals surface area (Å²) in [6, 6.07) is 2.08. The quantitative estimate of drug-likeness (QED) is 0.535. The van der Waals surface area contributed by atoms with Crippen LogP contribution in [0.2, 0.25) is 0 Å². The van der Waals surface area contributed by atoms with E-state index >= 15 is 0 Å². The number of nitrogens with zero attached hydrogens (tertiary/aromatic N) is 1. The Bertz CT molecular complexity index is 719. The fourth-order valence-electron chi connectivity index (χ4n) is 3.08. The second kappa shape index (κ2) is 6.20. The zero-order valence-corrected chi connectivity index (χ0v) is 13.3. The van der Waals surface area contributed by atoms with E-state index in [1.54, 1.807) is 6.08 Å². The standard InChI is InChI=1S/C16H21F2N5O/c1-8-7-23-10(5-21-8)6-22-16(20)14(23)4-13(19)11-2-9(17)3-12(18)15(11)24/h2-4,8,10,21-22,24H,5-7,19-20H2,1H3/b13-4-. The molecular weight excluding hydrogens is 316 g/mol. The number of hydrogen-bond acceptors (Lipinski definition) is 6. The molecule has 6 nitrogen and oxygen atoms in total. The van der Waals surface area contributed by atoms with E-state index in [2.05, 4.69) is 22.5 Å². The largest absolute Gasteiger partial charge is 0.504 e. The summed E-state index contributed by atoms with van der Waals surface area (Å²) in [5, 5.41) is 16.3. The molecule has 8 heteroatoms. The summed E-state index contributed by atoms with van der Waals surface area (Å²) >= 11 is 0. The van der Waals surface area contributed by atoms with E-state index in [1.807, 2.05) is 0 Å². The number of aromatic hydroxyl groups is 1. The van der Waals surface area contributed by atoms with Crippen LogP contribution in [-0.2, 0) is 0 Å². The third-order valence-electron chi connectivity index (χ3n) is 4.36. The van der Waals surface area contributed by atoms with Crippen LogP contribution < -0.4 is 22.1 Å². The van der Waals surface area contributed by atoms with Crippen molar-refractivity contribution in [3.8, 4) is 5.75 Å². The molecule has 0 radical (unpaired) electrons. The predicted octanol–water partition coefficient (Wildman–Crippen LogP) is 0.363. The molecule has 0 bridgehead atoms. The van der Waals surface area contributed by atoms with Gasteiger partial charge in [-0.3, -0.25) is 0 Å². The van der Waals surface area contributed by atoms with Crippen molar-refractivity contribution in [2.45, 2.75) is 19.0 Å². The smallest absolute Gasteiger partial charge is 0.168 e. The van der Waals surface area contributed by atoms with Gasteiger partial charge in [-0.2, -0.15) is 0 Å². The van der Waals surface area contributed by atoms with Crippen molar-refractivity contribution in [2.24, 2.45) is 11.5 Å². The maximum atomic E-state index is 13.5. The van der Waals surface area contributed by atoms with Crippen LogP contribution in [0.1, 0.15) is 12.5 Å². The van der Waals surface area contributed by atoms with Crippen LogP contribution in [0.4, 0.5) is 8.78 Å². The Kier molecular flexibility index (Phi) is 4.23. The van der Waals surface area contributed by atoms with E-state index in [0.29, 0.717) is 24.1 Å². The van der Waals surface area contributed by atoms with Gasteiger partial charge in [-0.05, 0) is 19.1 Å². The highest BCUT2D eigenvalue weighted by Gasteiger charge is 2.31. The van der Waals surface area contributed by atoms with Crippen molar-refractivity contribution < 1.29 is 13.9 Å². The van der Waals surface area contributed by atoms with E-state index in [0.717, 1.165) is 19.2 Å². The first-order chi connectivity index (χ1) is 11.4. The summed E-state index contributed by atoms with van der Waals surface area (Å²) in [4.78, 5) is 2.12. The lowest BCUT2D eigenvalue weighted by Gasteiger charge is -2.45. The van der Waals surface area contributed by atoms with Gasteiger partial charge < -0.3 is 32.1 Å². The Hall–Kier alpha value is -2.48. The van der Waals surface area contributed by atoms with Gasteiger partial charge in [-0.15, -0.1) is 0 Å². The molecule has 3 rings (SSSR count). The molecule has 1 saturated heterocycles. The van der Waals surface area contributed by atoms with Crippen LogP contribution in [0, 0.1) is 11.6 Å². The van der Waals surface area contributed by atoms with Crippen molar-refractivity contribution in [3.63, 3.8) is 0 Å². The molecule has 2 heterocycles. The summed E-state index contributed by atoms with van der Waals surface area (Å²) in [5.74, 6) is -2.11. The second-order valence-corrected chi connectivity index (χ2v) is 6.18. The summed E-state index contributed by atoms with van der Waals surface area (Å²) < 4.78 is 27.0. The minimum Gasteiger partial charge on any atom is -0.504 e. The molecule has 7 N–H and O–H groups in total. The Labute approximate surface area is 138 Å². The fourth-order valence-corrected chi connectivity index (χ4v) is 3.08. The van der Waals surface area contributed by atoms with Crippen LogP contribution in [0.25, 0.3) is 5.70 Å². The number of nitrogens with one attached hydrogen (secondary N) is 2. The van der Waals surface area contributed by atoms with Gasteiger partial charge >= 0.3 is 0 Å². The molecule has 1 fully saturated rings. The van der Waals surface area contributed by atoms with Crippen LogP contribution in [-0.4, -0.2) is 41.7 Å². The minimum absolute atomic E-state index is 0.0393. The summed E-state index contributed by atoms with van der Waals surface area (Å²) in [6.45, 7) is 4.28. The lowest BCUT2D eigenvalue weighted by molar-refractivity contribution is 0.166. The maximum Gasteiger partial charge on any atom is 0.168 e. The van der Waals surface area contributed by atoms with Crippen LogP contribution in [0.15, 0.2) is 29.7 Å². The van der Waals surface area contributed by atoms with Gasteiger partial charge in [0.05, 0.1) is 11.7 Å². The number of halogens is 2. The molecule has 0 aromatic heterocycles. The molecule has 24 heavy (non-hydrogen) atoms. The number of phenols is 1. The molecule has 1 aromatic carbocycles. The first-order valence-electron chi connectivity index (χ1n) is 7.76. The number of phenolic OH excluding ortho intramolecular Hbond substituents is 1. The van der Waals surface area contributed by atoms with Crippen LogP contribution in [0.3, 0.4) is 0 Å². The molecule has 2 atom stereocenters. The maximum absolute atomic E-state index is 13.5. The monoisotopic (exact) mass is 337 g/mol. The Morgan fingerprint density at radius 2 is 2.12 bits per heavy atom. The van der Waals surface area contributed by atoms with Crippen molar-refractivity contribution in [2.75, 3.05) is 19.6 Å². The normalized spacial score (nSPS) is 24.6. The SMILES string of the molecule is CC1CN2C(/C=C(\N)c3cc(F)cc(F)c3O)=C(N)NCC2CN1. The lowest BCUT2D eigenvalue weighted by atomic mass is 10.0. The highest BCUT2D eigenvalue weighted by atomic mass is 19.1. The zero-order valence-electron chi connectivity index (χ0n) is 13.3. The highest BCUT2D eigenvalue weighted by Crippen LogP contribution is 2.29. The molecular formula is C16H21F2N5O. The average molecular weight is 337 g/mol. The molecule has 130 valence electrons. The predicted molar refractivity (Wildman–Crippen MR) is 87.4 cm³/mol. The van der Waals surface area contributed by atoms with E-state index in [-0.39, 0.29) is 23.3 Å². The van der Waals surface area contributed by atoms with E-state index in [1.165, 1.54) is 0 Å². The molecule has 0 spiro atoms. The topological polar surface area (TPSA) is 99.6 Å². The molecule has 2 aliphatic heterocycles. The summed E-state index contributed by atoms with van der Waals surface area (Å²) in [6.07, 6.45) is 1.54. The molecule has 0 amide bonds. The van der Waals surface area contributed by atoms with Crippen molar-refractivity contribution in [1.29, 1.82) is 0 Å². The van der Waals surface area contributed by atoms with Crippen molar-refractivity contribution in [3.05, 3.63) is 46.9 Å². The van der Waals surface area contributed by atoms with Gasteiger partial charge in [-0.1, -0.05) is 0 Å². The number of nitrogens with two attached hydrogens (primary N) is 2. The molecule has 0 aliphatic carbocycles. The fraction of sp³-hybridized carbons (Fsp3) is 0.375. The Morgan fingerprint density at radius 1 is 1.38 bits per heavy atom. The molecule has 2 aliphatic rings. The zero-order chi connectivity index (χ0) is 17.4. The number of allylic oxidation sites excluding steroid dienone is 1. The van der Waals surface area contributed by atoms with Crippen molar-refractivity contribution >= 4 is 5.70 Å². The Balaban J connectivity index is 1.99. The van der Waals surface area contributed by atoms with Gasteiger partial charge in [0.25, 0.3) is 0 Å². The van der Waals surface area contributed by atoms with Gasteiger partial charge in [-0.25, -0.2) is 8.78 Å². The highest BCUT2D eigenvalue weighted by molar-refractivity contribution is 5.70. The van der Waals surface area contributed by atoms with Crippen molar-refractivity contribution in [1.82, 2.24) is 15.5 Å². The number of fused-ring (bicyclic) bond motifs is 1. The van der Waals surface area contributed by atoms with Gasteiger partial charge in [0.1, 0.15) is 11.6 Å². The van der Waals surface area contributed by atoms with E-state index in [4.69, 9.17) is 11.5 Å². The third-order valence-corrected chi connectivity index (χ3v) is 4.36. The summed E-state index contributed by atoms with van der Waals surface area (Å²) in [5.41, 5.74) is 12.6. The second-order valence-electron chi connectivity index (χ2n) is 6.18. The lowest BCUT2D eigenvalue weighted by Crippen LogP contribution is -2.61. The Morgan fingerprint density at radius 3 is 2.88 bits per heavy atom. The molecule has 1 aromatic rings. The van der Waals surface area contributed by atoms with Crippen LogP contribution >= 0.6 is 0 Å².